The van der Waals surface area contributed by atoms with Crippen LogP contribution in [0.15, 0.2) is 60.7 Å². The molecule has 4 rings (SSSR count). The molecule has 0 saturated carbocycles. The highest BCUT2D eigenvalue weighted by molar-refractivity contribution is 5.95. The van der Waals surface area contributed by atoms with Crippen molar-refractivity contribution in [3.8, 4) is 0 Å². The number of halogens is 2. The zero-order chi connectivity index (χ0) is 27.8. The Kier molecular flexibility index (Phi) is 10.1. The Morgan fingerprint density at radius 3 is 2.51 bits per heavy atom. The predicted molar refractivity (Wildman–Crippen MR) is 152 cm³/mol. The molecule has 3 aromatic rings. The predicted octanol–water partition coefficient (Wildman–Crippen LogP) is 5.18. The molecule has 0 radical (unpaired) electrons. The van der Waals surface area contributed by atoms with Gasteiger partial charge in [-0.1, -0.05) is 50.6 Å². The van der Waals surface area contributed by atoms with Gasteiger partial charge in [0.1, 0.15) is 11.6 Å². The Balaban J connectivity index is 1.47. The zero-order valence-corrected chi connectivity index (χ0v) is 22.9. The molecule has 2 atom stereocenters. The molecule has 1 aliphatic heterocycles. The summed E-state index contributed by atoms with van der Waals surface area (Å²) in [5.41, 5.74) is 5.51. The third-order valence-electron chi connectivity index (χ3n) is 7.36. The number of nitrogens with one attached hydrogen (secondary N) is 2. The molecule has 3 aromatic carbocycles. The first-order valence-electron chi connectivity index (χ1n) is 14.0. The molecular weight excluding hydrogens is 496 g/mol. The van der Waals surface area contributed by atoms with Crippen LogP contribution in [0.1, 0.15) is 59.3 Å². The Hall–Kier alpha value is -3.29. The largest absolute Gasteiger partial charge is 0.390 e. The Bertz CT molecular complexity index is 1250. The number of benzene rings is 3. The van der Waals surface area contributed by atoms with Gasteiger partial charge in [-0.05, 0) is 72.2 Å². The Labute approximate surface area is 230 Å². The molecule has 0 saturated heterocycles. The van der Waals surface area contributed by atoms with E-state index in [9.17, 15) is 18.7 Å². The molecule has 3 N–H and O–H groups in total. The molecule has 0 spiro atoms. The van der Waals surface area contributed by atoms with E-state index in [1.165, 1.54) is 23.3 Å². The van der Waals surface area contributed by atoms with Crippen LogP contribution in [0.5, 0.6) is 0 Å². The molecule has 0 aliphatic carbocycles. The van der Waals surface area contributed by atoms with Crippen LogP contribution < -0.4 is 15.5 Å². The summed E-state index contributed by atoms with van der Waals surface area (Å²) < 4.78 is 27.8. The summed E-state index contributed by atoms with van der Waals surface area (Å²) >= 11 is 0. The lowest BCUT2D eigenvalue weighted by atomic mass is 9.99. The van der Waals surface area contributed by atoms with Crippen LogP contribution in [0, 0.1) is 11.6 Å². The van der Waals surface area contributed by atoms with Gasteiger partial charge in [0, 0.05) is 43.5 Å². The smallest absolute Gasteiger partial charge is 0.251 e. The van der Waals surface area contributed by atoms with E-state index in [-0.39, 0.29) is 18.9 Å². The maximum absolute atomic E-state index is 13.9. The number of hydrogen-bond acceptors (Lipinski definition) is 4. The zero-order valence-electron chi connectivity index (χ0n) is 22.9. The van der Waals surface area contributed by atoms with Gasteiger partial charge in [0.2, 0.25) is 0 Å². The number of unbranched alkanes of at least 4 members (excludes halogenated alkanes) is 1. The van der Waals surface area contributed by atoms with Gasteiger partial charge in [-0.15, -0.1) is 0 Å². The lowest BCUT2D eigenvalue weighted by Crippen LogP contribution is -2.48. The topological polar surface area (TPSA) is 64.6 Å². The average Bonchev–Trinajstić information content (AvgIpc) is 3.33. The fourth-order valence-electron chi connectivity index (χ4n) is 5.15. The number of nitrogens with zero attached hydrogens (tertiary/aromatic N) is 1. The van der Waals surface area contributed by atoms with Gasteiger partial charge in [0.15, 0.2) is 0 Å². The van der Waals surface area contributed by atoms with E-state index >= 15 is 0 Å². The number of aryl methyl sites for hydroxylation is 1. The number of amides is 1. The van der Waals surface area contributed by atoms with Crippen molar-refractivity contribution in [2.24, 2.45) is 0 Å². The molecule has 1 amide bonds. The van der Waals surface area contributed by atoms with Crippen molar-refractivity contribution in [3.05, 3.63) is 100 Å². The summed E-state index contributed by atoms with van der Waals surface area (Å²) in [4.78, 5) is 15.7. The first-order chi connectivity index (χ1) is 18.9. The second kappa shape index (κ2) is 13.7. The molecule has 208 valence electrons. The average molecular weight is 536 g/mol. The fourth-order valence-corrected chi connectivity index (χ4v) is 5.15. The number of carbonyl (C=O) groups excluding carboxylic acids is 1. The van der Waals surface area contributed by atoms with Crippen molar-refractivity contribution in [2.75, 3.05) is 24.5 Å². The van der Waals surface area contributed by atoms with Gasteiger partial charge in [-0.25, -0.2) is 8.78 Å². The summed E-state index contributed by atoms with van der Waals surface area (Å²) in [5, 5.41) is 17.3. The van der Waals surface area contributed by atoms with Crippen LogP contribution in [0.2, 0.25) is 0 Å². The molecule has 0 unspecified atom stereocenters. The number of hydrogen-bond donors (Lipinski definition) is 3. The molecule has 0 fully saturated rings. The van der Waals surface area contributed by atoms with Gasteiger partial charge < -0.3 is 20.6 Å². The fraction of sp³-hybridized carbons (Fsp3) is 0.406. The van der Waals surface area contributed by atoms with Gasteiger partial charge >= 0.3 is 0 Å². The van der Waals surface area contributed by atoms with Crippen molar-refractivity contribution in [3.63, 3.8) is 0 Å². The van der Waals surface area contributed by atoms with Crippen LogP contribution in [-0.2, 0) is 25.8 Å². The van der Waals surface area contributed by atoms with Gasteiger partial charge in [-0.3, -0.25) is 4.79 Å². The number of aliphatic hydroxyl groups is 1. The molecule has 0 aromatic heterocycles. The molecule has 1 aliphatic rings. The number of rotatable bonds is 13. The SMILES string of the molecule is CCCCN1CCc2ccc(C(=O)N[C@@H](Cc3cc(F)cc(F)c3)[C@H](O)CNCc3cccc(CC)c3)cc21. The van der Waals surface area contributed by atoms with Crippen LogP contribution >= 0.6 is 0 Å². The first kappa shape index (κ1) is 28.7. The van der Waals surface area contributed by atoms with Crippen molar-refractivity contribution in [2.45, 2.75) is 64.6 Å². The monoisotopic (exact) mass is 535 g/mol. The van der Waals surface area contributed by atoms with Crippen LogP contribution in [0.25, 0.3) is 0 Å². The molecule has 1 heterocycles. The van der Waals surface area contributed by atoms with E-state index in [1.54, 1.807) is 0 Å². The van der Waals surface area contributed by atoms with Crippen molar-refractivity contribution < 1.29 is 18.7 Å². The minimum Gasteiger partial charge on any atom is -0.390 e. The van der Waals surface area contributed by atoms with E-state index in [0.717, 1.165) is 56.1 Å². The van der Waals surface area contributed by atoms with Crippen LogP contribution in [0.3, 0.4) is 0 Å². The van der Waals surface area contributed by atoms with E-state index < -0.39 is 23.8 Å². The summed E-state index contributed by atoms with van der Waals surface area (Å²) in [6.45, 7) is 6.91. The van der Waals surface area contributed by atoms with Crippen LogP contribution in [0.4, 0.5) is 14.5 Å². The van der Waals surface area contributed by atoms with Gasteiger partial charge in [-0.2, -0.15) is 0 Å². The summed E-state index contributed by atoms with van der Waals surface area (Å²) in [7, 11) is 0. The molecule has 0 bridgehead atoms. The lowest BCUT2D eigenvalue weighted by Gasteiger charge is -2.25. The number of fused-ring (bicyclic) bond motifs is 1. The minimum absolute atomic E-state index is 0.0855. The minimum atomic E-state index is -0.981. The van der Waals surface area contributed by atoms with E-state index in [1.807, 2.05) is 30.3 Å². The Morgan fingerprint density at radius 1 is 1.00 bits per heavy atom. The van der Waals surface area contributed by atoms with E-state index in [2.05, 4.69) is 41.5 Å². The number of anilines is 1. The highest BCUT2D eigenvalue weighted by atomic mass is 19.1. The second-order valence-electron chi connectivity index (χ2n) is 10.4. The highest BCUT2D eigenvalue weighted by Gasteiger charge is 2.25. The van der Waals surface area contributed by atoms with E-state index in [4.69, 9.17) is 0 Å². The van der Waals surface area contributed by atoms with Gasteiger partial charge in [0.05, 0.1) is 12.1 Å². The second-order valence-corrected chi connectivity index (χ2v) is 10.4. The van der Waals surface area contributed by atoms with E-state index in [0.29, 0.717) is 17.7 Å². The standard InChI is InChI=1S/C32H39F2N3O2/c1-3-5-12-37-13-11-25-9-10-26(18-30(25)37)32(39)36-29(17-24-15-27(33)19-28(34)16-24)31(38)21-35-20-23-8-6-7-22(4-2)14-23/h6-10,14-16,18-19,29,31,35,38H,3-5,11-13,17,20-21H2,1-2H3,(H,36,39)/t29-,31+/m0/s1. The Morgan fingerprint density at radius 2 is 1.77 bits per heavy atom. The molecule has 5 nitrogen and oxygen atoms in total. The van der Waals surface area contributed by atoms with Crippen molar-refractivity contribution in [1.29, 1.82) is 0 Å². The van der Waals surface area contributed by atoms with Crippen molar-refractivity contribution >= 4 is 11.6 Å². The van der Waals surface area contributed by atoms with Crippen molar-refractivity contribution in [1.82, 2.24) is 10.6 Å². The first-order valence-corrected chi connectivity index (χ1v) is 14.0. The third-order valence-corrected chi connectivity index (χ3v) is 7.36. The van der Waals surface area contributed by atoms with Crippen LogP contribution in [-0.4, -0.2) is 42.8 Å². The lowest BCUT2D eigenvalue weighted by molar-refractivity contribution is 0.0830. The maximum atomic E-state index is 13.9. The highest BCUT2D eigenvalue weighted by Crippen LogP contribution is 2.29. The number of aliphatic hydroxyl groups excluding tert-OH is 1. The third kappa shape index (κ3) is 7.87. The number of carbonyl (C=O) groups is 1. The summed E-state index contributed by atoms with van der Waals surface area (Å²) in [6, 6.07) is 16.5. The normalized spacial score (nSPS) is 14.2. The quantitative estimate of drug-likeness (QED) is 0.282. The molecule has 7 heteroatoms. The maximum Gasteiger partial charge on any atom is 0.251 e. The summed E-state index contributed by atoms with van der Waals surface area (Å²) in [6.07, 6.45) is 3.19. The van der Waals surface area contributed by atoms with Gasteiger partial charge in [0.25, 0.3) is 5.91 Å². The molecular formula is C32H39F2N3O2. The summed E-state index contributed by atoms with van der Waals surface area (Å²) in [5.74, 6) is -1.70. The molecule has 39 heavy (non-hydrogen) atoms.